The minimum absolute atomic E-state index is 0.0601. The van der Waals surface area contributed by atoms with Crippen LogP contribution in [0.25, 0.3) is 11.2 Å². The molecule has 2 N–H and O–H groups in total. The molecule has 8 nitrogen and oxygen atoms in total. The van der Waals surface area contributed by atoms with Crippen LogP contribution in [-0.2, 0) is 20.6 Å². The molecule has 0 amide bonds. The number of benzene rings is 1. The maximum Gasteiger partial charge on any atom is 0.332 e. The average Bonchev–Trinajstić information content (AvgIpc) is 2.99. The van der Waals surface area contributed by atoms with Gasteiger partial charge in [0.1, 0.15) is 0 Å². The lowest BCUT2D eigenvalue weighted by molar-refractivity contribution is 0.271. The van der Waals surface area contributed by atoms with E-state index in [2.05, 4.69) is 10.3 Å². The lowest BCUT2D eigenvalue weighted by Crippen LogP contribution is -2.39. The molecule has 3 rings (SSSR count). The van der Waals surface area contributed by atoms with Crippen molar-refractivity contribution in [1.29, 1.82) is 0 Å². The Balaban J connectivity index is 2.17. The second-order valence-corrected chi connectivity index (χ2v) is 6.83. The molecule has 1 aromatic carbocycles. The molecule has 0 fully saturated rings. The van der Waals surface area contributed by atoms with Gasteiger partial charge in [-0.3, -0.25) is 13.9 Å². The van der Waals surface area contributed by atoms with Crippen molar-refractivity contribution in [2.24, 2.45) is 14.1 Å². The number of aromatic nitrogens is 4. The van der Waals surface area contributed by atoms with Crippen LogP contribution in [0.15, 0.2) is 33.9 Å². The van der Waals surface area contributed by atoms with Crippen molar-refractivity contribution in [2.45, 2.75) is 25.9 Å². The monoisotopic (exact) mass is 391 g/mol. The topological polar surface area (TPSA) is 94.1 Å². The van der Waals surface area contributed by atoms with Crippen LogP contribution in [0, 0.1) is 0 Å². The van der Waals surface area contributed by atoms with Crippen molar-refractivity contribution < 1.29 is 5.11 Å². The molecule has 2 aromatic heterocycles. The van der Waals surface area contributed by atoms with E-state index in [-0.39, 0.29) is 19.2 Å². The molecule has 3 aromatic rings. The molecule has 27 heavy (non-hydrogen) atoms. The van der Waals surface area contributed by atoms with E-state index in [1.54, 1.807) is 42.9 Å². The standard InChI is InChI=1S/C18H22ClN5O3/c1-4-12(10-25)20-17-21-15-14(22(17)2)16(26)24(18(27)23(15)3)9-11-7-5-6-8-13(11)19/h5-8,12,25H,4,9-10H2,1-3H3,(H,20,21)/t12-/m0/s1. The van der Waals surface area contributed by atoms with Crippen molar-refractivity contribution in [3.05, 3.63) is 55.7 Å². The highest BCUT2D eigenvalue weighted by Crippen LogP contribution is 2.17. The highest BCUT2D eigenvalue weighted by Gasteiger charge is 2.20. The average molecular weight is 392 g/mol. The zero-order valence-corrected chi connectivity index (χ0v) is 16.2. The first-order chi connectivity index (χ1) is 12.9. The van der Waals surface area contributed by atoms with Gasteiger partial charge in [-0.05, 0) is 18.1 Å². The smallest absolute Gasteiger partial charge is 0.332 e. The Morgan fingerprint density at radius 1 is 1.22 bits per heavy atom. The zero-order chi connectivity index (χ0) is 19.7. The summed E-state index contributed by atoms with van der Waals surface area (Å²) in [5, 5.41) is 13.0. The Hall–Kier alpha value is -2.58. The van der Waals surface area contributed by atoms with Gasteiger partial charge in [-0.25, -0.2) is 4.79 Å². The Labute approximate surface area is 160 Å². The first-order valence-corrected chi connectivity index (χ1v) is 9.03. The maximum absolute atomic E-state index is 13.0. The molecular formula is C18H22ClN5O3. The molecule has 0 spiro atoms. The minimum atomic E-state index is -0.466. The van der Waals surface area contributed by atoms with E-state index in [0.29, 0.717) is 34.1 Å². The number of nitrogens with zero attached hydrogens (tertiary/aromatic N) is 4. The van der Waals surface area contributed by atoms with Crippen LogP contribution in [0.2, 0.25) is 5.02 Å². The van der Waals surface area contributed by atoms with Crippen molar-refractivity contribution in [1.82, 2.24) is 18.7 Å². The molecule has 1 atom stereocenters. The van der Waals surface area contributed by atoms with Crippen LogP contribution >= 0.6 is 11.6 Å². The van der Waals surface area contributed by atoms with Crippen LogP contribution < -0.4 is 16.6 Å². The molecule has 0 aliphatic rings. The van der Waals surface area contributed by atoms with E-state index >= 15 is 0 Å². The number of nitrogens with one attached hydrogen (secondary N) is 1. The number of aryl methyl sites for hydroxylation is 2. The third-order valence-electron chi connectivity index (χ3n) is 4.69. The number of anilines is 1. The second kappa shape index (κ2) is 7.58. The van der Waals surface area contributed by atoms with E-state index in [4.69, 9.17) is 11.6 Å². The normalized spacial score (nSPS) is 12.5. The fraction of sp³-hybridized carbons (Fsp3) is 0.389. The highest BCUT2D eigenvalue weighted by molar-refractivity contribution is 6.31. The van der Waals surface area contributed by atoms with Crippen molar-refractivity contribution >= 4 is 28.7 Å². The highest BCUT2D eigenvalue weighted by atomic mass is 35.5. The zero-order valence-electron chi connectivity index (χ0n) is 15.4. The number of halogens is 1. The first-order valence-electron chi connectivity index (χ1n) is 8.66. The fourth-order valence-corrected chi connectivity index (χ4v) is 3.16. The molecular weight excluding hydrogens is 370 g/mol. The quantitative estimate of drug-likeness (QED) is 0.661. The molecule has 0 saturated heterocycles. The van der Waals surface area contributed by atoms with Gasteiger partial charge in [0.25, 0.3) is 5.56 Å². The molecule has 0 bridgehead atoms. The first kappa shape index (κ1) is 19.2. The predicted octanol–water partition coefficient (Wildman–Crippen LogP) is 1.32. The van der Waals surface area contributed by atoms with Crippen molar-refractivity contribution in [2.75, 3.05) is 11.9 Å². The molecule has 0 aliphatic carbocycles. The summed E-state index contributed by atoms with van der Waals surface area (Å²) in [5.74, 6) is 0.425. The van der Waals surface area contributed by atoms with Crippen LogP contribution in [0.3, 0.4) is 0 Å². The van der Waals surface area contributed by atoms with Gasteiger partial charge in [-0.2, -0.15) is 4.98 Å². The SMILES string of the molecule is CC[C@@H](CO)Nc1nc2c(c(=O)n(Cc3ccccc3Cl)c(=O)n2C)n1C. The Bertz CT molecular complexity index is 1090. The van der Waals surface area contributed by atoms with Gasteiger partial charge in [0, 0.05) is 19.1 Å². The molecule has 0 unspecified atom stereocenters. The molecule has 0 radical (unpaired) electrons. The van der Waals surface area contributed by atoms with Crippen molar-refractivity contribution in [3.63, 3.8) is 0 Å². The number of rotatable bonds is 6. The molecule has 0 aliphatic heterocycles. The van der Waals surface area contributed by atoms with Gasteiger partial charge in [0.05, 0.1) is 19.2 Å². The number of hydrogen-bond acceptors (Lipinski definition) is 5. The lowest BCUT2D eigenvalue weighted by Gasteiger charge is -2.14. The predicted molar refractivity (Wildman–Crippen MR) is 106 cm³/mol. The number of hydrogen-bond donors (Lipinski definition) is 2. The van der Waals surface area contributed by atoms with Crippen LogP contribution in [0.1, 0.15) is 18.9 Å². The largest absolute Gasteiger partial charge is 0.394 e. The van der Waals surface area contributed by atoms with Crippen LogP contribution in [0.4, 0.5) is 5.95 Å². The van der Waals surface area contributed by atoms with Crippen LogP contribution in [-0.4, -0.2) is 36.4 Å². The van der Waals surface area contributed by atoms with Gasteiger partial charge in [-0.15, -0.1) is 0 Å². The molecule has 144 valence electrons. The van der Waals surface area contributed by atoms with Gasteiger partial charge >= 0.3 is 5.69 Å². The van der Waals surface area contributed by atoms with Gasteiger partial charge in [-0.1, -0.05) is 36.7 Å². The Morgan fingerprint density at radius 2 is 1.93 bits per heavy atom. The molecule has 0 saturated carbocycles. The summed E-state index contributed by atoms with van der Waals surface area (Å²) >= 11 is 6.19. The summed E-state index contributed by atoms with van der Waals surface area (Å²) < 4.78 is 4.11. The Kier molecular flexibility index (Phi) is 5.38. The van der Waals surface area contributed by atoms with Crippen LogP contribution in [0.5, 0.6) is 0 Å². The number of fused-ring (bicyclic) bond motifs is 1. The van der Waals surface area contributed by atoms with Gasteiger partial charge < -0.3 is 15.0 Å². The van der Waals surface area contributed by atoms with E-state index in [1.165, 1.54) is 4.57 Å². The summed E-state index contributed by atoms with van der Waals surface area (Å²) in [6, 6.07) is 6.91. The minimum Gasteiger partial charge on any atom is -0.394 e. The second-order valence-electron chi connectivity index (χ2n) is 6.42. The fourth-order valence-electron chi connectivity index (χ4n) is 2.97. The van der Waals surface area contributed by atoms with Gasteiger partial charge in [0.2, 0.25) is 5.95 Å². The summed E-state index contributed by atoms with van der Waals surface area (Å²) in [7, 11) is 3.28. The summed E-state index contributed by atoms with van der Waals surface area (Å²) in [5.41, 5.74) is 0.376. The third kappa shape index (κ3) is 3.38. The number of aliphatic hydroxyl groups is 1. The van der Waals surface area contributed by atoms with E-state index in [0.717, 1.165) is 4.57 Å². The molecule has 9 heteroatoms. The summed E-state index contributed by atoms with van der Waals surface area (Å²) in [4.78, 5) is 30.2. The summed E-state index contributed by atoms with van der Waals surface area (Å²) in [6.07, 6.45) is 0.690. The maximum atomic E-state index is 13.0. The lowest BCUT2D eigenvalue weighted by atomic mass is 10.2. The van der Waals surface area contributed by atoms with E-state index in [1.807, 2.05) is 6.92 Å². The molecule has 2 heterocycles. The van der Waals surface area contributed by atoms with Crippen molar-refractivity contribution in [3.8, 4) is 0 Å². The summed E-state index contributed by atoms with van der Waals surface area (Å²) in [6.45, 7) is 1.95. The third-order valence-corrected chi connectivity index (χ3v) is 5.06. The van der Waals surface area contributed by atoms with E-state index in [9.17, 15) is 14.7 Å². The number of imidazole rings is 1. The Morgan fingerprint density at radius 3 is 2.56 bits per heavy atom. The van der Waals surface area contributed by atoms with Gasteiger partial charge in [0.15, 0.2) is 11.2 Å². The van der Waals surface area contributed by atoms with E-state index < -0.39 is 11.2 Å². The number of aliphatic hydroxyl groups excluding tert-OH is 1.